The van der Waals surface area contributed by atoms with Gasteiger partial charge in [0.1, 0.15) is 29.9 Å². The van der Waals surface area contributed by atoms with Gasteiger partial charge in [0, 0.05) is 13.1 Å². The number of ether oxygens (including phenoxy) is 3. The van der Waals surface area contributed by atoms with E-state index in [1.807, 2.05) is 42.5 Å². The number of hydrogen-bond acceptors (Lipinski definition) is 6. The molecule has 0 aliphatic carbocycles. The Labute approximate surface area is 224 Å². The van der Waals surface area contributed by atoms with Crippen molar-refractivity contribution < 1.29 is 28.6 Å². The third kappa shape index (κ3) is 11.1. The van der Waals surface area contributed by atoms with Crippen LogP contribution >= 0.6 is 11.6 Å². The van der Waals surface area contributed by atoms with Crippen LogP contribution < -0.4 is 10.1 Å². The zero-order chi connectivity index (χ0) is 27.3. The molecule has 0 spiro atoms. The largest absolute Gasteiger partial charge is 0.497 e. The van der Waals surface area contributed by atoms with Crippen molar-refractivity contribution in [2.45, 2.75) is 64.8 Å². The molecule has 9 heteroatoms. The number of hydrogen-bond donors (Lipinski definition) is 1. The number of alkyl halides is 1. The van der Waals surface area contributed by atoms with Crippen molar-refractivity contribution in [2.24, 2.45) is 0 Å². The molecule has 0 aliphatic heterocycles. The molecule has 2 rings (SSSR count). The number of methoxy groups -OCH3 is 1. The molecule has 202 valence electrons. The Balaban J connectivity index is 1.98. The molecule has 0 aliphatic rings. The van der Waals surface area contributed by atoms with E-state index >= 15 is 0 Å². The van der Waals surface area contributed by atoms with Crippen molar-refractivity contribution in [2.75, 3.05) is 19.5 Å². The quantitative estimate of drug-likeness (QED) is 0.220. The normalized spacial score (nSPS) is 11.8. The van der Waals surface area contributed by atoms with E-state index in [-0.39, 0.29) is 24.9 Å². The van der Waals surface area contributed by atoms with E-state index in [0.29, 0.717) is 31.6 Å². The number of carbonyl (C=O) groups is 3. The molecular formula is C28H37ClN2O6. The lowest BCUT2D eigenvalue weighted by molar-refractivity contribution is -0.165. The zero-order valence-corrected chi connectivity index (χ0v) is 22.8. The summed E-state index contributed by atoms with van der Waals surface area (Å²) in [6.45, 7) is 6.10. The lowest BCUT2D eigenvalue weighted by Gasteiger charge is -2.32. The topological polar surface area (TPSA) is 94.2 Å². The molecule has 0 aromatic heterocycles. The minimum Gasteiger partial charge on any atom is -0.497 e. The van der Waals surface area contributed by atoms with Gasteiger partial charge in [0.15, 0.2) is 0 Å². The Morgan fingerprint density at radius 2 is 1.65 bits per heavy atom. The fourth-order valence-corrected chi connectivity index (χ4v) is 3.73. The molecule has 0 heterocycles. The van der Waals surface area contributed by atoms with Gasteiger partial charge in [-0.3, -0.25) is 4.79 Å². The minimum absolute atomic E-state index is 0.189. The predicted molar refractivity (Wildman–Crippen MR) is 142 cm³/mol. The van der Waals surface area contributed by atoms with Gasteiger partial charge in [0.2, 0.25) is 5.91 Å². The molecule has 0 radical (unpaired) electrons. The van der Waals surface area contributed by atoms with Crippen molar-refractivity contribution >= 4 is 29.6 Å². The Hall–Kier alpha value is -3.26. The van der Waals surface area contributed by atoms with E-state index in [2.05, 4.69) is 5.32 Å². The average molecular weight is 533 g/mol. The van der Waals surface area contributed by atoms with Crippen LogP contribution in [-0.4, -0.2) is 54.0 Å². The Morgan fingerprint density at radius 1 is 0.973 bits per heavy atom. The predicted octanol–water partition coefficient (Wildman–Crippen LogP) is 5.07. The van der Waals surface area contributed by atoms with Gasteiger partial charge in [-0.15, -0.1) is 11.6 Å². The van der Waals surface area contributed by atoms with E-state index in [1.165, 1.54) is 4.90 Å². The van der Waals surface area contributed by atoms with Crippen molar-refractivity contribution in [3.63, 3.8) is 0 Å². The van der Waals surface area contributed by atoms with Gasteiger partial charge in [0.05, 0.1) is 7.11 Å². The second kappa shape index (κ2) is 15.1. The van der Waals surface area contributed by atoms with Crippen LogP contribution in [-0.2, 0) is 32.2 Å². The maximum absolute atomic E-state index is 13.1. The van der Waals surface area contributed by atoms with Crippen molar-refractivity contribution in [3.05, 3.63) is 65.7 Å². The number of halogens is 1. The van der Waals surface area contributed by atoms with Gasteiger partial charge < -0.3 is 24.4 Å². The van der Waals surface area contributed by atoms with Gasteiger partial charge in [0.25, 0.3) is 0 Å². The van der Waals surface area contributed by atoms with Gasteiger partial charge in [-0.05, 0) is 63.3 Å². The molecule has 2 amide bonds. The Bertz CT molecular complexity index is 992. The number of nitrogens with zero attached hydrogens (tertiary/aromatic N) is 1. The Morgan fingerprint density at radius 3 is 2.24 bits per heavy atom. The number of rotatable bonds is 13. The smallest absolute Gasteiger partial charge is 0.407 e. The fraction of sp³-hybridized carbons (Fsp3) is 0.464. The summed E-state index contributed by atoms with van der Waals surface area (Å²) in [5, 5.41) is 2.72. The van der Waals surface area contributed by atoms with Crippen molar-refractivity contribution in [1.29, 1.82) is 0 Å². The van der Waals surface area contributed by atoms with Crippen LogP contribution in [0.2, 0.25) is 0 Å². The van der Waals surface area contributed by atoms with E-state index in [0.717, 1.165) is 11.1 Å². The maximum atomic E-state index is 13.1. The number of amides is 2. The molecule has 0 bridgehead atoms. The lowest BCUT2D eigenvalue weighted by Crippen LogP contribution is -2.47. The first-order chi connectivity index (χ1) is 17.6. The first kappa shape index (κ1) is 30.0. The molecule has 2 aromatic carbocycles. The van der Waals surface area contributed by atoms with Crippen molar-refractivity contribution in [1.82, 2.24) is 10.2 Å². The summed E-state index contributed by atoms with van der Waals surface area (Å²) in [6.07, 6.45) is 1.00. The number of unbranched alkanes of at least 4 members (excludes halogenated alkanes) is 1. The fourth-order valence-electron chi connectivity index (χ4n) is 3.57. The second-order valence-corrected chi connectivity index (χ2v) is 9.80. The number of nitrogens with one attached hydrogen (secondary N) is 1. The van der Waals surface area contributed by atoms with Gasteiger partial charge in [-0.25, -0.2) is 9.59 Å². The zero-order valence-electron chi connectivity index (χ0n) is 22.0. The first-order valence-corrected chi connectivity index (χ1v) is 12.8. The number of esters is 1. The summed E-state index contributed by atoms with van der Waals surface area (Å²) in [5.41, 5.74) is 1.02. The summed E-state index contributed by atoms with van der Waals surface area (Å²) in [7, 11) is 1.58. The highest BCUT2D eigenvalue weighted by atomic mass is 35.5. The highest BCUT2D eigenvalue weighted by molar-refractivity contribution is 6.27. The summed E-state index contributed by atoms with van der Waals surface area (Å²) in [5.74, 6) is -0.423. The van der Waals surface area contributed by atoms with Crippen LogP contribution in [0.15, 0.2) is 54.6 Å². The van der Waals surface area contributed by atoms with E-state index in [9.17, 15) is 14.4 Å². The first-order valence-electron chi connectivity index (χ1n) is 12.3. The van der Waals surface area contributed by atoms with Gasteiger partial charge in [-0.1, -0.05) is 42.5 Å². The van der Waals surface area contributed by atoms with Crippen molar-refractivity contribution in [3.8, 4) is 5.75 Å². The van der Waals surface area contributed by atoms with Crippen LogP contribution in [0.4, 0.5) is 4.79 Å². The summed E-state index contributed by atoms with van der Waals surface area (Å²) >= 11 is 5.91. The van der Waals surface area contributed by atoms with E-state index < -0.39 is 23.7 Å². The van der Waals surface area contributed by atoms with Crippen LogP contribution in [0.5, 0.6) is 5.75 Å². The number of alkyl carbamates (subject to hydrolysis) is 1. The highest BCUT2D eigenvalue weighted by Gasteiger charge is 2.32. The van der Waals surface area contributed by atoms with E-state index in [1.54, 1.807) is 40.0 Å². The summed E-state index contributed by atoms with van der Waals surface area (Å²) in [6, 6.07) is 15.9. The molecule has 1 atom stereocenters. The summed E-state index contributed by atoms with van der Waals surface area (Å²) in [4.78, 5) is 39.4. The molecule has 2 aromatic rings. The standard InChI is InChI=1S/C28H37ClN2O6/c1-28(2,3)37-26(33)24(31(25(32)18-29)19-21-13-15-23(35-4)16-14-21)12-8-9-17-30-27(34)36-20-22-10-6-5-7-11-22/h5-7,10-11,13-16,24H,8-9,12,17-20H2,1-4H3,(H,30,34)/t24-/m0/s1. The highest BCUT2D eigenvalue weighted by Crippen LogP contribution is 2.20. The molecule has 37 heavy (non-hydrogen) atoms. The minimum atomic E-state index is -0.822. The third-order valence-electron chi connectivity index (χ3n) is 5.39. The van der Waals surface area contributed by atoms with Gasteiger partial charge in [-0.2, -0.15) is 0 Å². The van der Waals surface area contributed by atoms with E-state index in [4.69, 9.17) is 25.8 Å². The Kier molecular flexibility index (Phi) is 12.2. The number of benzene rings is 2. The van der Waals surface area contributed by atoms with Crippen LogP contribution in [0.3, 0.4) is 0 Å². The SMILES string of the molecule is COc1ccc(CN(C(=O)CCl)[C@@H](CCCCNC(=O)OCc2ccccc2)C(=O)OC(C)(C)C)cc1. The van der Waals surface area contributed by atoms with Crippen LogP contribution in [0.1, 0.15) is 51.2 Å². The third-order valence-corrected chi connectivity index (χ3v) is 5.62. The molecular weight excluding hydrogens is 496 g/mol. The second-order valence-electron chi connectivity index (χ2n) is 9.54. The molecule has 0 fully saturated rings. The molecule has 8 nitrogen and oxygen atoms in total. The molecule has 0 unspecified atom stereocenters. The maximum Gasteiger partial charge on any atom is 0.407 e. The molecule has 0 saturated heterocycles. The molecule has 1 N–H and O–H groups in total. The monoisotopic (exact) mass is 532 g/mol. The molecule has 0 saturated carbocycles. The summed E-state index contributed by atoms with van der Waals surface area (Å²) < 4.78 is 16.0. The lowest BCUT2D eigenvalue weighted by atomic mass is 10.1. The number of carbonyl (C=O) groups excluding carboxylic acids is 3. The van der Waals surface area contributed by atoms with Crippen LogP contribution in [0, 0.1) is 0 Å². The van der Waals surface area contributed by atoms with Gasteiger partial charge >= 0.3 is 12.1 Å². The average Bonchev–Trinajstić information content (AvgIpc) is 2.88. The van der Waals surface area contributed by atoms with Crippen LogP contribution in [0.25, 0.3) is 0 Å².